The Morgan fingerprint density at radius 1 is 1.07 bits per heavy atom. The van der Waals surface area contributed by atoms with Crippen molar-refractivity contribution in [2.24, 2.45) is 0 Å². The first-order chi connectivity index (χ1) is 13.4. The third-order valence-corrected chi connectivity index (χ3v) is 4.18. The van der Waals surface area contributed by atoms with Crippen LogP contribution in [-0.4, -0.2) is 22.2 Å². The number of hydrogen-bond acceptors (Lipinski definition) is 4. The number of methoxy groups -OCH3 is 1. The SMILES string of the molecule is COc1ccc(NC(=O)Cn2ccn(-c3ccc(C)c(F)c3)c(=O)c2=O)cc1. The number of nitrogens with zero attached hydrogens (tertiary/aromatic N) is 2. The molecule has 3 aromatic rings. The lowest BCUT2D eigenvalue weighted by atomic mass is 10.2. The van der Waals surface area contributed by atoms with Gasteiger partial charge in [-0.1, -0.05) is 6.07 Å². The van der Waals surface area contributed by atoms with Crippen molar-refractivity contribution in [1.29, 1.82) is 0 Å². The summed E-state index contributed by atoms with van der Waals surface area (Å²) in [6, 6.07) is 10.9. The summed E-state index contributed by atoms with van der Waals surface area (Å²) in [5.41, 5.74) is -0.556. The molecule has 1 amide bonds. The molecule has 144 valence electrons. The van der Waals surface area contributed by atoms with Crippen molar-refractivity contribution < 1.29 is 13.9 Å². The molecular formula is C20H18FN3O4. The molecule has 28 heavy (non-hydrogen) atoms. The van der Waals surface area contributed by atoms with Gasteiger partial charge in [0.2, 0.25) is 5.91 Å². The molecule has 0 fully saturated rings. The predicted octanol–water partition coefficient (Wildman–Crippen LogP) is 2.09. The standard InChI is InChI=1S/C20H18FN3O4/c1-13-3-6-15(11-17(13)21)24-10-9-23(19(26)20(24)27)12-18(25)22-14-4-7-16(28-2)8-5-14/h3-11H,12H2,1-2H3,(H,22,25). The Labute approximate surface area is 159 Å². The normalized spacial score (nSPS) is 10.5. The molecule has 0 saturated heterocycles. The zero-order valence-electron chi connectivity index (χ0n) is 15.3. The molecule has 8 heteroatoms. The Bertz CT molecular complexity index is 1130. The fourth-order valence-electron chi connectivity index (χ4n) is 2.60. The summed E-state index contributed by atoms with van der Waals surface area (Å²) in [6.07, 6.45) is 2.64. The third kappa shape index (κ3) is 4.01. The van der Waals surface area contributed by atoms with Crippen LogP contribution in [-0.2, 0) is 11.3 Å². The van der Waals surface area contributed by atoms with Crippen molar-refractivity contribution >= 4 is 11.6 Å². The van der Waals surface area contributed by atoms with Crippen molar-refractivity contribution in [3.63, 3.8) is 0 Å². The fraction of sp³-hybridized carbons (Fsp3) is 0.150. The van der Waals surface area contributed by atoms with Gasteiger partial charge in [-0.3, -0.25) is 23.5 Å². The number of carbonyl (C=O) groups is 1. The van der Waals surface area contributed by atoms with Crippen molar-refractivity contribution in [2.75, 3.05) is 12.4 Å². The average Bonchev–Trinajstić information content (AvgIpc) is 2.68. The highest BCUT2D eigenvalue weighted by Gasteiger charge is 2.11. The average molecular weight is 383 g/mol. The van der Waals surface area contributed by atoms with Gasteiger partial charge in [0.15, 0.2) is 0 Å². The summed E-state index contributed by atoms with van der Waals surface area (Å²) in [5.74, 6) is -0.302. The molecule has 0 aliphatic carbocycles. The van der Waals surface area contributed by atoms with E-state index in [2.05, 4.69) is 5.32 Å². The van der Waals surface area contributed by atoms with Crippen LogP contribution >= 0.6 is 0 Å². The Morgan fingerprint density at radius 3 is 2.43 bits per heavy atom. The van der Waals surface area contributed by atoms with Crippen LogP contribution in [0.5, 0.6) is 5.75 Å². The second-order valence-corrected chi connectivity index (χ2v) is 6.12. The number of nitrogens with one attached hydrogen (secondary N) is 1. The van der Waals surface area contributed by atoms with Crippen molar-refractivity contribution in [3.8, 4) is 11.4 Å². The number of aromatic nitrogens is 2. The van der Waals surface area contributed by atoms with E-state index in [0.717, 1.165) is 9.13 Å². The largest absolute Gasteiger partial charge is 0.497 e. The minimum atomic E-state index is -0.881. The van der Waals surface area contributed by atoms with E-state index in [1.165, 1.54) is 31.6 Å². The van der Waals surface area contributed by atoms with Gasteiger partial charge in [-0.05, 0) is 48.9 Å². The van der Waals surface area contributed by atoms with Gasteiger partial charge in [-0.25, -0.2) is 4.39 Å². The molecule has 0 spiro atoms. The maximum absolute atomic E-state index is 13.7. The zero-order chi connectivity index (χ0) is 20.3. The number of hydrogen-bond donors (Lipinski definition) is 1. The van der Waals surface area contributed by atoms with E-state index in [1.54, 1.807) is 37.3 Å². The van der Waals surface area contributed by atoms with Crippen molar-refractivity contribution in [2.45, 2.75) is 13.5 Å². The van der Waals surface area contributed by atoms with E-state index in [0.29, 0.717) is 17.0 Å². The molecule has 1 heterocycles. The summed E-state index contributed by atoms with van der Waals surface area (Å²) in [7, 11) is 1.53. The lowest BCUT2D eigenvalue weighted by Gasteiger charge is -2.10. The number of ether oxygens (including phenoxy) is 1. The Kier molecular flexibility index (Phi) is 5.39. The molecule has 2 aromatic carbocycles. The monoisotopic (exact) mass is 383 g/mol. The van der Waals surface area contributed by atoms with Gasteiger partial charge in [-0.15, -0.1) is 0 Å². The lowest BCUT2D eigenvalue weighted by molar-refractivity contribution is -0.116. The third-order valence-electron chi connectivity index (χ3n) is 4.18. The summed E-state index contributed by atoms with van der Waals surface area (Å²) >= 11 is 0. The van der Waals surface area contributed by atoms with Crippen LogP contribution in [0.25, 0.3) is 5.69 Å². The van der Waals surface area contributed by atoms with Gasteiger partial charge in [0.25, 0.3) is 0 Å². The van der Waals surface area contributed by atoms with E-state index in [9.17, 15) is 18.8 Å². The summed E-state index contributed by atoms with van der Waals surface area (Å²) in [5, 5.41) is 2.64. The second kappa shape index (κ2) is 7.91. The van der Waals surface area contributed by atoms with E-state index >= 15 is 0 Å². The molecule has 0 aliphatic rings. The number of halogens is 1. The molecule has 0 aliphatic heterocycles. The first-order valence-electron chi connectivity index (χ1n) is 8.41. The number of rotatable bonds is 5. The molecule has 7 nitrogen and oxygen atoms in total. The highest BCUT2D eigenvalue weighted by Crippen LogP contribution is 2.15. The predicted molar refractivity (Wildman–Crippen MR) is 103 cm³/mol. The maximum Gasteiger partial charge on any atom is 0.320 e. The number of carbonyl (C=O) groups excluding carboxylic acids is 1. The minimum Gasteiger partial charge on any atom is -0.497 e. The Morgan fingerprint density at radius 2 is 1.79 bits per heavy atom. The summed E-state index contributed by atoms with van der Waals surface area (Å²) in [4.78, 5) is 36.9. The van der Waals surface area contributed by atoms with Gasteiger partial charge in [0.1, 0.15) is 18.1 Å². The van der Waals surface area contributed by atoms with Gasteiger partial charge in [0.05, 0.1) is 12.8 Å². The minimum absolute atomic E-state index is 0.236. The van der Waals surface area contributed by atoms with E-state index in [4.69, 9.17) is 4.74 Å². The van der Waals surface area contributed by atoms with Gasteiger partial charge in [-0.2, -0.15) is 0 Å². The Hall–Kier alpha value is -3.68. The first-order valence-corrected chi connectivity index (χ1v) is 8.41. The number of anilines is 1. The molecular weight excluding hydrogens is 365 g/mol. The first kappa shape index (κ1) is 19.1. The van der Waals surface area contributed by atoms with Crippen LogP contribution in [0.3, 0.4) is 0 Å². The highest BCUT2D eigenvalue weighted by molar-refractivity contribution is 5.90. The molecule has 0 atom stereocenters. The van der Waals surface area contributed by atoms with E-state index < -0.39 is 22.8 Å². The number of aryl methyl sites for hydroxylation is 1. The van der Waals surface area contributed by atoms with Crippen molar-refractivity contribution in [3.05, 3.63) is 86.9 Å². The highest BCUT2D eigenvalue weighted by atomic mass is 19.1. The molecule has 0 saturated carbocycles. The summed E-state index contributed by atoms with van der Waals surface area (Å²) in [6.45, 7) is 1.27. The molecule has 0 unspecified atom stereocenters. The van der Waals surface area contributed by atoms with Crippen LogP contribution in [0.2, 0.25) is 0 Å². The number of benzene rings is 2. The zero-order valence-corrected chi connectivity index (χ0v) is 15.3. The summed E-state index contributed by atoms with van der Waals surface area (Å²) < 4.78 is 20.8. The Balaban J connectivity index is 1.80. The van der Waals surface area contributed by atoms with E-state index in [1.807, 2.05) is 0 Å². The van der Waals surface area contributed by atoms with Gasteiger partial charge >= 0.3 is 11.1 Å². The molecule has 0 bridgehead atoms. The second-order valence-electron chi connectivity index (χ2n) is 6.12. The molecule has 0 radical (unpaired) electrons. The molecule has 3 rings (SSSR count). The quantitative estimate of drug-likeness (QED) is 0.684. The van der Waals surface area contributed by atoms with Crippen LogP contribution in [0, 0.1) is 12.7 Å². The van der Waals surface area contributed by atoms with Gasteiger partial charge < -0.3 is 10.1 Å². The molecule has 1 aromatic heterocycles. The van der Waals surface area contributed by atoms with E-state index in [-0.39, 0.29) is 12.2 Å². The smallest absolute Gasteiger partial charge is 0.320 e. The van der Waals surface area contributed by atoms with Crippen LogP contribution in [0.1, 0.15) is 5.56 Å². The molecule has 1 N–H and O–H groups in total. The van der Waals surface area contributed by atoms with Crippen molar-refractivity contribution in [1.82, 2.24) is 9.13 Å². The lowest BCUT2D eigenvalue weighted by Crippen LogP contribution is -2.41. The van der Waals surface area contributed by atoms with Crippen LogP contribution in [0.15, 0.2) is 64.4 Å². The van der Waals surface area contributed by atoms with Crippen LogP contribution in [0.4, 0.5) is 10.1 Å². The van der Waals surface area contributed by atoms with Gasteiger partial charge in [0, 0.05) is 18.1 Å². The number of amides is 1. The topological polar surface area (TPSA) is 82.3 Å². The maximum atomic E-state index is 13.7. The fourth-order valence-corrected chi connectivity index (χ4v) is 2.60. The van der Waals surface area contributed by atoms with Crippen LogP contribution < -0.4 is 21.2 Å².